The molecule has 0 aliphatic heterocycles. The first-order valence-electron chi connectivity index (χ1n) is 5.49. The van der Waals surface area contributed by atoms with Gasteiger partial charge in [0, 0.05) is 5.69 Å². The number of carboxylic acid groups (broad SMARTS) is 1. The van der Waals surface area contributed by atoms with Gasteiger partial charge in [0.15, 0.2) is 0 Å². The molecule has 0 saturated heterocycles. The highest BCUT2D eigenvalue weighted by Crippen LogP contribution is 2.29. The second-order valence-electron chi connectivity index (χ2n) is 4.08. The Bertz CT molecular complexity index is 748. The van der Waals surface area contributed by atoms with Crippen LogP contribution in [0.2, 0.25) is 0 Å². The van der Waals surface area contributed by atoms with E-state index in [1.807, 2.05) is 0 Å². The van der Waals surface area contributed by atoms with E-state index in [9.17, 15) is 18.3 Å². The summed E-state index contributed by atoms with van der Waals surface area (Å²) in [5.74, 6) is -1.42. The van der Waals surface area contributed by atoms with Crippen LogP contribution in [-0.4, -0.2) is 14.4 Å². The summed E-state index contributed by atoms with van der Waals surface area (Å²) in [5.41, 5.74) is 6.49. The molecular formula is C12H11N2O4S2-. The summed E-state index contributed by atoms with van der Waals surface area (Å²) >= 11 is 0.914. The lowest BCUT2D eigenvalue weighted by molar-refractivity contribution is -0.254. The van der Waals surface area contributed by atoms with Crippen LogP contribution < -0.4 is 15.6 Å². The van der Waals surface area contributed by atoms with Gasteiger partial charge in [0.25, 0.3) is 10.0 Å². The van der Waals surface area contributed by atoms with Gasteiger partial charge in [-0.2, -0.15) is 0 Å². The molecule has 0 fully saturated rings. The van der Waals surface area contributed by atoms with Crippen molar-refractivity contribution in [3.05, 3.63) is 40.1 Å². The third-order valence-corrected chi connectivity index (χ3v) is 5.03. The molecule has 0 amide bonds. The van der Waals surface area contributed by atoms with Crippen LogP contribution in [0.5, 0.6) is 0 Å². The summed E-state index contributed by atoms with van der Waals surface area (Å²) in [6.07, 6.45) is 0. The predicted molar refractivity (Wildman–Crippen MR) is 75.0 cm³/mol. The lowest BCUT2D eigenvalue weighted by Crippen LogP contribution is -2.23. The van der Waals surface area contributed by atoms with Gasteiger partial charge in [-0.15, -0.1) is 11.3 Å². The molecule has 1 aromatic carbocycles. The van der Waals surface area contributed by atoms with E-state index in [2.05, 4.69) is 4.72 Å². The van der Waals surface area contributed by atoms with Gasteiger partial charge in [0.1, 0.15) is 0 Å². The van der Waals surface area contributed by atoms with Gasteiger partial charge in [0.05, 0.1) is 21.4 Å². The van der Waals surface area contributed by atoms with Crippen molar-refractivity contribution in [3.63, 3.8) is 0 Å². The number of rotatable bonds is 4. The van der Waals surface area contributed by atoms with Crippen LogP contribution in [0.3, 0.4) is 0 Å². The number of carboxylic acids is 1. The smallest absolute Gasteiger partial charge is 0.261 e. The highest BCUT2D eigenvalue weighted by molar-refractivity contribution is 7.92. The Morgan fingerprint density at radius 2 is 1.90 bits per heavy atom. The third-order valence-electron chi connectivity index (χ3n) is 2.59. The van der Waals surface area contributed by atoms with Crippen LogP contribution in [0.15, 0.2) is 34.5 Å². The summed E-state index contributed by atoms with van der Waals surface area (Å²) < 4.78 is 26.6. The number of nitrogen functional groups attached to an aromatic ring is 1. The third kappa shape index (κ3) is 2.75. The molecule has 0 atom stereocenters. The second-order valence-corrected chi connectivity index (χ2v) is 6.65. The number of benzene rings is 1. The van der Waals surface area contributed by atoms with Gasteiger partial charge in [-0.25, -0.2) is 8.42 Å². The fourth-order valence-corrected chi connectivity index (χ4v) is 3.61. The van der Waals surface area contributed by atoms with E-state index in [-0.39, 0.29) is 15.5 Å². The van der Waals surface area contributed by atoms with Crippen LogP contribution in [0.4, 0.5) is 11.4 Å². The first-order valence-corrected chi connectivity index (χ1v) is 7.85. The average molecular weight is 311 g/mol. The Labute approximate surface area is 119 Å². The van der Waals surface area contributed by atoms with Crippen LogP contribution in [0, 0.1) is 6.92 Å². The van der Waals surface area contributed by atoms with Gasteiger partial charge in [-0.1, -0.05) is 0 Å². The second kappa shape index (κ2) is 5.14. The number of aromatic carboxylic acids is 1. The zero-order chi connectivity index (χ0) is 14.9. The van der Waals surface area contributed by atoms with E-state index in [0.29, 0.717) is 11.3 Å². The number of carbonyl (C=O) groups is 1. The number of sulfonamides is 1. The minimum atomic E-state index is -3.87. The topological polar surface area (TPSA) is 112 Å². The molecule has 1 aromatic heterocycles. The number of nitrogens with one attached hydrogen (secondary N) is 1. The number of aryl methyl sites for hydroxylation is 1. The van der Waals surface area contributed by atoms with E-state index in [1.165, 1.54) is 24.3 Å². The highest BCUT2D eigenvalue weighted by Gasteiger charge is 2.19. The minimum Gasteiger partial charge on any atom is -0.544 e. The monoisotopic (exact) mass is 311 g/mol. The molecular weight excluding hydrogens is 300 g/mol. The molecule has 2 rings (SSSR count). The van der Waals surface area contributed by atoms with Crippen LogP contribution in [0.1, 0.15) is 15.2 Å². The summed E-state index contributed by atoms with van der Waals surface area (Å²) in [5, 5.41) is 12.5. The Morgan fingerprint density at radius 3 is 2.45 bits per heavy atom. The lowest BCUT2D eigenvalue weighted by Gasteiger charge is -2.11. The fourth-order valence-electron chi connectivity index (χ4n) is 1.56. The number of hydrogen-bond acceptors (Lipinski definition) is 6. The van der Waals surface area contributed by atoms with Gasteiger partial charge in [0.2, 0.25) is 0 Å². The van der Waals surface area contributed by atoms with Crippen LogP contribution in [-0.2, 0) is 10.0 Å². The standard InChI is InChI=1S/C12H12N2O4S2/c1-7-6-19-11(12(15)16)10(7)14-20(17,18)9-4-2-8(13)3-5-9/h2-6,14H,13H2,1H3,(H,15,16)/p-1. The normalized spacial score (nSPS) is 11.2. The van der Waals surface area contributed by atoms with Crippen molar-refractivity contribution in [2.24, 2.45) is 0 Å². The average Bonchev–Trinajstić information content (AvgIpc) is 2.71. The number of thiophene rings is 1. The van der Waals surface area contributed by atoms with E-state index in [0.717, 1.165) is 11.3 Å². The maximum atomic E-state index is 12.2. The van der Waals surface area contributed by atoms with Gasteiger partial charge < -0.3 is 15.6 Å². The largest absolute Gasteiger partial charge is 0.544 e. The van der Waals surface area contributed by atoms with Gasteiger partial charge in [-0.05, 0) is 42.1 Å². The van der Waals surface area contributed by atoms with Crippen molar-refractivity contribution in [2.45, 2.75) is 11.8 Å². The van der Waals surface area contributed by atoms with E-state index in [4.69, 9.17) is 5.73 Å². The van der Waals surface area contributed by atoms with E-state index < -0.39 is 16.0 Å². The number of carbonyl (C=O) groups excluding carboxylic acids is 1. The van der Waals surface area contributed by atoms with Crippen LogP contribution in [0.25, 0.3) is 0 Å². The summed E-state index contributed by atoms with van der Waals surface area (Å²) in [6, 6.07) is 5.60. The zero-order valence-electron chi connectivity index (χ0n) is 10.4. The summed E-state index contributed by atoms with van der Waals surface area (Å²) in [7, 11) is -3.87. The van der Waals surface area contributed by atoms with E-state index >= 15 is 0 Å². The molecule has 8 heteroatoms. The molecule has 6 nitrogen and oxygen atoms in total. The molecule has 20 heavy (non-hydrogen) atoms. The zero-order valence-corrected chi connectivity index (χ0v) is 12.0. The van der Waals surface area contributed by atoms with Gasteiger partial charge >= 0.3 is 0 Å². The van der Waals surface area contributed by atoms with Crippen molar-refractivity contribution in [1.82, 2.24) is 0 Å². The molecule has 0 aliphatic carbocycles. The molecule has 1 heterocycles. The Morgan fingerprint density at radius 1 is 1.30 bits per heavy atom. The Hall–Kier alpha value is -2.06. The lowest BCUT2D eigenvalue weighted by atomic mass is 10.3. The molecule has 106 valence electrons. The minimum absolute atomic E-state index is 0.00148. The van der Waals surface area contributed by atoms with Crippen molar-refractivity contribution in [3.8, 4) is 0 Å². The van der Waals surface area contributed by atoms with Crippen LogP contribution >= 0.6 is 11.3 Å². The van der Waals surface area contributed by atoms with Crippen molar-refractivity contribution >= 4 is 38.7 Å². The first kappa shape index (κ1) is 14.4. The molecule has 0 unspecified atom stereocenters. The number of anilines is 2. The summed E-state index contributed by atoms with van der Waals surface area (Å²) in [4.78, 5) is 10.8. The van der Waals surface area contributed by atoms with Crippen molar-refractivity contribution in [1.29, 1.82) is 0 Å². The quantitative estimate of drug-likeness (QED) is 0.811. The molecule has 0 saturated carbocycles. The van der Waals surface area contributed by atoms with Crippen molar-refractivity contribution < 1.29 is 18.3 Å². The Balaban J connectivity index is 2.41. The number of nitrogens with two attached hydrogens (primary N) is 1. The number of hydrogen-bond donors (Lipinski definition) is 2. The molecule has 0 radical (unpaired) electrons. The van der Waals surface area contributed by atoms with E-state index in [1.54, 1.807) is 12.3 Å². The molecule has 2 aromatic rings. The molecule has 0 bridgehead atoms. The molecule has 0 aliphatic rings. The molecule has 3 N–H and O–H groups in total. The highest BCUT2D eigenvalue weighted by atomic mass is 32.2. The fraction of sp³-hybridized carbons (Fsp3) is 0.0833. The maximum Gasteiger partial charge on any atom is 0.261 e. The predicted octanol–water partition coefficient (Wildman–Crippen LogP) is 0.803. The maximum absolute atomic E-state index is 12.2. The Kier molecular flexibility index (Phi) is 3.69. The first-order chi connectivity index (χ1) is 9.31. The molecule has 0 spiro atoms. The van der Waals surface area contributed by atoms with Gasteiger partial charge in [-0.3, -0.25) is 4.72 Å². The van der Waals surface area contributed by atoms with Crippen molar-refractivity contribution in [2.75, 3.05) is 10.5 Å². The SMILES string of the molecule is Cc1csc(C(=O)[O-])c1NS(=O)(=O)c1ccc(N)cc1. The summed E-state index contributed by atoms with van der Waals surface area (Å²) in [6.45, 7) is 1.61.